The summed E-state index contributed by atoms with van der Waals surface area (Å²) in [5.74, 6) is 2.28. The Labute approximate surface area is 104 Å². The number of rotatable bonds is 3. The molecule has 1 aliphatic rings. The zero-order valence-electron chi connectivity index (χ0n) is 9.51. The Morgan fingerprint density at radius 3 is 2.94 bits per heavy atom. The molecule has 0 amide bonds. The van der Waals surface area contributed by atoms with Gasteiger partial charge in [0.15, 0.2) is 0 Å². The normalized spacial score (nSPS) is 14.9. The van der Waals surface area contributed by atoms with E-state index in [1.54, 1.807) is 0 Å². The van der Waals surface area contributed by atoms with Gasteiger partial charge in [-0.15, -0.1) is 0 Å². The zero-order chi connectivity index (χ0) is 11.8. The quantitative estimate of drug-likeness (QED) is 0.847. The summed E-state index contributed by atoms with van der Waals surface area (Å²) in [6, 6.07) is 5.58. The van der Waals surface area contributed by atoms with E-state index in [4.69, 9.17) is 10.5 Å². The van der Waals surface area contributed by atoms with Crippen LogP contribution in [0, 0.1) is 6.92 Å². The SMILES string of the molecule is Cc1cc(N)ccc1Oc1nc(C2CC2)ns1. The van der Waals surface area contributed by atoms with Gasteiger partial charge in [-0.2, -0.15) is 9.36 Å². The van der Waals surface area contributed by atoms with Crippen LogP contribution in [0.15, 0.2) is 18.2 Å². The lowest BCUT2D eigenvalue weighted by Gasteiger charge is -2.05. The molecule has 4 nitrogen and oxygen atoms in total. The third-order valence-electron chi connectivity index (χ3n) is 2.76. The first-order chi connectivity index (χ1) is 8.22. The molecule has 1 saturated carbocycles. The standard InChI is InChI=1S/C12H13N3OS/c1-7-6-9(13)4-5-10(7)16-12-14-11(15-17-12)8-2-3-8/h4-6,8H,2-3,13H2,1H3. The number of nitrogens with zero attached hydrogens (tertiary/aromatic N) is 2. The molecular formula is C12H13N3OS. The van der Waals surface area contributed by atoms with E-state index in [0.717, 1.165) is 22.8 Å². The van der Waals surface area contributed by atoms with E-state index in [0.29, 0.717) is 11.1 Å². The molecule has 0 saturated heterocycles. The van der Waals surface area contributed by atoms with Crippen LogP contribution in [0.3, 0.4) is 0 Å². The Morgan fingerprint density at radius 2 is 2.24 bits per heavy atom. The largest absolute Gasteiger partial charge is 0.430 e. The van der Waals surface area contributed by atoms with Crippen molar-refractivity contribution >= 4 is 17.2 Å². The van der Waals surface area contributed by atoms with Gasteiger partial charge in [0.2, 0.25) is 0 Å². The van der Waals surface area contributed by atoms with Crippen LogP contribution in [0.1, 0.15) is 30.1 Å². The van der Waals surface area contributed by atoms with Crippen LogP contribution in [-0.4, -0.2) is 9.36 Å². The minimum atomic E-state index is 0.566. The molecular weight excluding hydrogens is 234 g/mol. The molecule has 2 aromatic rings. The second-order valence-electron chi connectivity index (χ2n) is 4.32. The molecule has 0 radical (unpaired) electrons. The van der Waals surface area contributed by atoms with Crippen LogP contribution in [0.5, 0.6) is 10.9 Å². The second-order valence-corrected chi connectivity index (χ2v) is 5.03. The summed E-state index contributed by atoms with van der Waals surface area (Å²) >= 11 is 1.31. The van der Waals surface area contributed by atoms with E-state index in [1.807, 2.05) is 25.1 Å². The van der Waals surface area contributed by atoms with Crippen LogP contribution >= 0.6 is 11.5 Å². The van der Waals surface area contributed by atoms with Crippen molar-refractivity contribution in [1.29, 1.82) is 0 Å². The van der Waals surface area contributed by atoms with Gasteiger partial charge < -0.3 is 10.5 Å². The van der Waals surface area contributed by atoms with Crippen molar-refractivity contribution < 1.29 is 4.74 Å². The van der Waals surface area contributed by atoms with Gasteiger partial charge in [-0.05, 0) is 43.5 Å². The third kappa shape index (κ3) is 2.24. The van der Waals surface area contributed by atoms with E-state index < -0.39 is 0 Å². The molecule has 0 spiro atoms. The van der Waals surface area contributed by atoms with Crippen molar-refractivity contribution in [1.82, 2.24) is 9.36 Å². The molecule has 5 heteroatoms. The van der Waals surface area contributed by atoms with E-state index in [-0.39, 0.29) is 0 Å². The van der Waals surface area contributed by atoms with Crippen LogP contribution in [-0.2, 0) is 0 Å². The van der Waals surface area contributed by atoms with Crippen molar-refractivity contribution in [3.8, 4) is 10.9 Å². The van der Waals surface area contributed by atoms with Crippen molar-refractivity contribution in [3.63, 3.8) is 0 Å². The minimum absolute atomic E-state index is 0.566. The molecule has 3 rings (SSSR count). The van der Waals surface area contributed by atoms with Crippen molar-refractivity contribution in [2.24, 2.45) is 0 Å². The van der Waals surface area contributed by atoms with E-state index >= 15 is 0 Å². The molecule has 1 fully saturated rings. The summed E-state index contributed by atoms with van der Waals surface area (Å²) in [4.78, 5) is 4.39. The van der Waals surface area contributed by atoms with Crippen molar-refractivity contribution in [3.05, 3.63) is 29.6 Å². The maximum atomic E-state index is 5.71. The molecule has 0 aliphatic heterocycles. The van der Waals surface area contributed by atoms with E-state index in [9.17, 15) is 0 Å². The molecule has 17 heavy (non-hydrogen) atoms. The number of ether oxygens (including phenoxy) is 1. The zero-order valence-corrected chi connectivity index (χ0v) is 10.3. The minimum Gasteiger partial charge on any atom is -0.430 e. The highest BCUT2D eigenvalue weighted by Crippen LogP contribution is 2.40. The Bertz CT molecular complexity index is 548. The Kier molecular flexibility index (Phi) is 2.48. The fourth-order valence-electron chi connectivity index (χ4n) is 1.65. The van der Waals surface area contributed by atoms with Crippen molar-refractivity contribution in [2.75, 3.05) is 5.73 Å². The fourth-order valence-corrected chi connectivity index (χ4v) is 2.27. The number of aromatic nitrogens is 2. The Balaban J connectivity index is 1.80. The number of benzene rings is 1. The number of hydrogen-bond donors (Lipinski definition) is 1. The van der Waals surface area contributed by atoms with E-state index in [1.165, 1.54) is 24.4 Å². The summed E-state index contributed by atoms with van der Waals surface area (Å²) in [6.07, 6.45) is 2.41. The lowest BCUT2D eigenvalue weighted by atomic mass is 10.2. The highest BCUT2D eigenvalue weighted by Gasteiger charge is 2.28. The summed E-state index contributed by atoms with van der Waals surface area (Å²) in [6.45, 7) is 1.97. The van der Waals surface area contributed by atoms with Gasteiger partial charge in [0.1, 0.15) is 11.6 Å². The fraction of sp³-hybridized carbons (Fsp3) is 0.333. The van der Waals surface area contributed by atoms with Gasteiger partial charge in [0, 0.05) is 23.1 Å². The first kappa shape index (κ1) is 10.5. The maximum absolute atomic E-state index is 5.71. The molecule has 0 bridgehead atoms. The molecule has 1 aromatic carbocycles. The highest BCUT2D eigenvalue weighted by atomic mass is 32.1. The molecule has 0 atom stereocenters. The molecule has 88 valence electrons. The number of aryl methyl sites for hydroxylation is 1. The number of hydrogen-bond acceptors (Lipinski definition) is 5. The summed E-state index contributed by atoms with van der Waals surface area (Å²) < 4.78 is 10.0. The Hall–Kier alpha value is -1.62. The molecule has 2 N–H and O–H groups in total. The van der Waals surface area contributed by atoms with Gasteiger partial charge in [-0.25, -0.2) is 0 Å². The van der Waals surface area contributed by atoms with Gasteiger partial charge in [-0.3, -0.25) is 0 Å². The molecule has 1 heterocycles. The molecule has 1 aromatic heterocycles. The van der Waals surface area contributed by atoms with Crippen LogP contribution < -0.4 is 10.5 Å². The summed E-state index contributed by atoms with van der Waals surface area (Å²) in [5, 5.41) is 0.611. The van der Waals surface area contributed by atoms with Crippen molar-refractivity contribution in [2.45, 2.75) is 25.7 Å². The average Bonchev–Trinajstić information content (AvgIpc) is 3.04. The highest BCUT2D eigenvalue weighted by molar-refractivity contribution is 7.07. The summed E-state index contributed by atoms with van der Waals surface area (Å²) in [7, 11) is 0. The topological polar surface area (TPSA) is 61.0 Å². The monoisotopic (exact) mass is 247 g/mol. The lowest BCUT2D eigenvalue weighted by Crippen LogP contribution is -1.90. The number of nitrogens with two attached hydrogens (primary N) is 1. The van der Waals surface area contributed by atoms with Crippen LogP contribution in [0.2, 0.25) is 0 Å². The predicted molar refractivity (Wildman–Crippen MR) is 67.5 cm³/mol. The first-order valence-electron chi connectivity index (χ1n) is 5.60. The number of anilines is 1. The van der Waals surface area contributed by atoms with Crippen LogP contribution in [0.4, 0.5) is 5.69 Å². The Morgan fingerprint density at radius 1 is 1.41 bits per heavy atom. The van der Waals surface area contributed by atoms with Crippen LogP contribution in [0.25, 0.3) is 0 Å². The summed E-state index contributed by atoms with van der Waals surface area (Å²) in [5.41, 5.74) is 7.44. The third-order valence-corrected chi connectivity index (χ3v) is 3.37. The predicted octanol–water partition coefficient (Wildman–Crippen LogP) is 3.10. The maximum Gasteiger partial charge on any atom is 0.298 e. The molecule has 1 aliphatic carbocycles. The van der Waals surface area contributed by atoms with Gasteiger partial charge >= 0.3 is 0 Å². The number of nitrogen functional groups attached to an aromatic ring is 1. The lowest BCUT2D eigenvalue weighted by molar-refractivity contribution is 0.473. The van der Waals surface area contributed by atoms with E-state index in [2.05, 4.69) is 9.36 Å². The van der Waals surface area contributed by atoms with Gasteiger partial charge in [0.25, 0.3) is 5.19 Å². The van der Waals surface area contributed by atoms with Gasteiger partial charge in [0.05, 0.1) is 0 Å². The average molecular weight is 247 g/mol. The molecule has 0 unspecified atom stereocenters. The van der Waals surface area contributed by atoms with Gasteiger partial charge in [-0.1, -0.05) is 0 Å². The first-order valence-corrected chi connectivity index (χ1v) is 6.37. The second kappa shape index (κ2) is 4.00. The smallest absolute Gasteiger partial charge is 0.298 e.